The molecule has 1 unspecified atom stereocenters. The monoisotopic (exact) mass is 476 g/mol. The van der Waals surface area contributed by atoms with Crippen molar-refractivity contribution in [1.82, 2.24) is 15.0 Å². The fourth-order valence-electron chi connectivity index (χ4n) is 4.84. The predicted molar refractivity (Wildman–Crippen MR) is 132 cm³/mol. The van der Waals surface area contributed by atoms with Gasteiger partial charge in [-0.2, -0.15) is 4.98 Å². The molecule has 1 aliphatic carbocycles. The number of anilines is 1. The van der Waals surface area contributed by atoms with Gasteiger partial charge in [-0.1, -0.05) is 5.16 Å². The summed E-state index contributed by atoms with van der Waals surface area (Å²) in [7, 11) is 1.64. The molecule has 2 aliphatic rings. The second-order valence-electron chi connectivity index (χ2n) is 9.35. The Morgan fingerprint density at radius 3 is 2.51 bits per heavy atom. The van der Waals surface area contributed by atoms with Crippen LogP contribution in [-0.4, -0.2) is 47.3 Å². The summed E-state index contributed by atoms with van der Waals surface area (Å²) in [4.78, 5) is 19.7. The number of benzene rings is 2. The number of methoxy groups -OCH3 is 1. The molecule has 8 heteroatoms. The van der Waals surface area contributed by atoms with Gasteiger partial charge in [-0.3, -0.25) is 9.69 Å². The van der Waals surface area contributed by atoms with Crippen molar-refractivity contribution < 1.29 is 18.8 Å². The molecule has 0 spiro atoms. The summed E-state index contributed by atoms with van der Waals surface area (Å²) in [6, 6.07) is 15.3. The third-order valence-corrected chi connectivity index (χ3v) is 6.78. The maximum Gasteiger partial charge on any atom is 0.241 e. The van der Waals surface area contributed by atoms with E-state index in [1.54, 1.807) is 7.11 Å². The average Bonchev–Trinajstić information content (AvgIpc) is 3.58. The van der Waals surface area contributed by atoms with E-state index in [1.165, 1.54) is 12.8 Å². The molecule has 0 bridgehead atoms. The molecule has 1 N–H and O–H groups in total. The number of carbonyl (C=O) groups is 1. The van der Waals surface area contributed by atoms with Crippen LogP contribution < -0.4 is 14.8 Å². The van der Waals surface area contributed by atoms with Gasteiger partial charge >= 0.3 is 0 Å². The van der Waals surface area contributed by atoms with Gasteiger partial charge in [0.2, 0.25) is 17.6 Å². The second-order valence-corrected chi connectivity index (χ2v) is 9.35. The van der Waals surface area contributed by atoms with Gasteiger partial charge in [0.1, 0.15) is 11.5 Å². The number of rotatable bonds is 8. The third kappa shape index (κ3) is 6.00. The van der Waals surface area contributed by atoms with Gasteiger partial charge in [-0.15, -0.1) is 0 Å². The molecule has 2 fully saturated rings. The number of aromatic nitrogens is 2. The Kier molecular flexibility index (Phi) is 7.28. The third-order valence-electron chi connectivity index (χ3n) is 6.78. The highest BCUT2D eigenvalue weighted by atomic mass is 16.5. The molecule has 1 saturated heterocycles. The summed E-state index contributed by atoms with van der Waals surface area (Å²) in [6.45, 7) is 2.09. The Morgan fingerprint density at radius 1 is 1.03 bits per heavy atom. The predicted octanol–water partition coefficient (Wildman–Crippen LogP) is 4.92. The molecule has 2 heterocycles. The number of likely N-dealkylation sites (tertiary alicyclic amines) is 1. The van der Waals surface area contributed by atoms with Crippen molar-refractivity contribution in [2.75, 3.05) is 25.5 Å². The molecular weight excluding hydrogens is 444 g/mol. The average molecular weight is 477 g/mol. The maximum atomic E-state index is 12.9. The normalized spacial score (nSPS) is 18.9. The molecule has 2 aromatic carbocycles. The highest BCUT2D eigenvalue weighted by Gasteiger charge is 2.27. The van der Waals surface area contributed by atoms with Crippen molar-refractivity contribution in [2.45, 2.75) is 51.2 Å². The molecule has 184 valence electrons. The van der Waals surface area contributed by atoms with Crippen LogP contribution in [0.2, 0.25) is 0 Å². The maximum absolute atomic E-state index is 12.9. The summed E-state index contributed by atoms with van der Waals surface area (Å²) < 4.78 is 16.7. The minimum atomic E-state index is -0.0813. The smallest absolute Gasteiger partial charge is 0.241 e. The lowest BCUT2D eigenvalue weighted by Crippen LogP contribution is -2.40. The minimum Gasteiger partial charge on any atom is -0.497 e. The lowest BCUT2D eigenvalue weighted by atomic mass is 9.97. The topological polar surface area (TPSA) is 89.7 Å². The van der Waals surface area contributed by atoms with E-state index in [0.717, 1.165) is 55.0 Å². The van der Waals surface area contributed by atoms with Gasteiger partial charge in [0.15, 0.2) is 0 Å². The van der Waals surface area contributed by atoms with E-state index in [0.29, 0.717) is 30.9 Å². The zero-order valence-electron chi connectivity index (χ0n) is 20.1. The Balaban J connectivity index is 1.13. The van der Waals surface area contributed by atoms with Crippen LogP contribution in [0.25, 0.3) is 11.4 Å². The quantitative estimate of drug-likeness (QED) is 0.494. The summed E-state index contributed by atoms with van der Waals surface area (Å²) in [5.74, 6) is 2.71. The molecule has 1 saturated carbocycles. The van der Waals surface area contributed by atoms with Gasteiger partial charge in [0.25, 0.3) is 0 Å². The molecule has 1 amide bonds. The number of piperidine rings is 1. The molecule has 1 aromatic heterocycles. The Hall–Kier alpha value is -3.39. The summed E-state index contributed by atoms with van der Waals surface area (Å²) >= 11 is 0. The van der Waals surface area contributed by atoms with Crippen molar-refractivity contribution in [2.24, 2.45) is 5.92 Å². The number of hydrogen-bond donors (Lipinski definition) is 1. The van der Waals surface area contributed by atoms with E-state index in [-0.39, 0.29) is 11.8 Å². The molecule has 0 radical (unpaired) electrons. The number of hydrogen-bond acceptors (Lipinski definition) is 7. The van der Waals surface area contributed by atoms with Gasteiger partial charge < -0.3 is 19.3 Å². The lowest BCUT2D eigenvalue weighted by molar-refractivity contribution is -0.121. The van der Waals surface area contributed by atoms with Crippen molar-refractivity contribution >= 4 is 11.6 Å². The van der Waals surface area contributed by atoms with Gasteiger partial charge in [0, 0.05) is 17.8 Å². The van der Waals surface area contributed by atoms with E-state index in [1.807, 2.05) is 48.5 Å². The lowest BCUT2D eigenvalue weighted by Gasteiger charge is -2.30. The van der Waals surface area contributed by atoms with Crippen LogP contribution in [0, 0.1) is 5.92 Å². The van der Waals surface area contributed by atoms with Crippen molar-refractivity contribution in [3.63, 3.8) is 0 Å². The number of nitrogens with zero attached hydrogens (tertiary/aromatic N) is 3. The van der Waals surface area contributed by atoms with E-state index in [2.05, 4.69) is 20.4 Å². The molecule has 3 aromatic rings. The summed E-state index contributed by atoms with van der Waals surface area (Å²) in [5.41, 5.74) is 1.67. The van der Waals surface area contributed by atoms with Crippen LogP contribution in [0.1, 0.15) is 44.4 Å². The van der Waals surface area contributed by atoms with Gasteiger partial charge in [-0.25, -0.2) is 0 Å². The SMILES string of the molecule is COc1ccc(-c2noc(CN3CCCC(C(=O)Nc4ccc(OC5CCCC5)cc4)C3)n2)cc1. The number of ether oxygens (including phenoxy) is 2. The summed E-state index contributed by atoms with van der Waals surface area (Å²) in [5, 5.41) is 7.18. The Labute approximate surface area is 205 Å². The molecule has 8 nitrogen and oxygen atoms in total. The highest BCUT2D eigenvalue weighted by molar-refractivity contribution is 5.92. The van der Waals surface area contributed by atoms with Gasteiger partial charge in [0.05, 0.1) is 25.7 Å². The zero-order valence-corrected chi connectivity index (χ0v) is 20.1. The van der Waals surface area contributed by atoms with Crippen LogP contribution in [0.3, 0.4) is 0 Å². The first-order valence-electron chi connectivity index (χ1n) is 12.4. The zero-order chi connectivity index (χ0) is 24.0. The van der Waals surface area contributed by atoms with Crippen LogP contribution >= 0.6 is 0 Å². The second kappa shape index (κ2) is 10.9. The number of amides is 1. The molecule has 35 heavy (non-hydrogen) atoms. The molecule has 1 aliphatic heterocycles. The Morgan fingerprint density at radius 2 is 1.77 bits per heavy atom. The largest absolute Gasteiger partial charge is 0.497 e. The van der Waals surface area contributed by atoms with E-state index >= 15 is 0 Å². The van der Waals surface area contributed by atoms with Crippen molar-refractivity contribution in [1.29, 1.82) is 0 Å². The van der Waals surface area contributed by atoms with Crippen LogP contribution in [0.5, 0.6) is 11.5 Å². The van der Waals surface area contributed by atoms with Crippen LogP contribution in [-0.2, 0) is 11.3 Å². The van der Waals surface area contributed by atoms with Crippen LogP contribution in [0.15, 0.2) is 53.1 Å². The Bertz CT molecular complexity index is 1110. The van der Waals surface area contributed by atoms with Crippen molar-refractivity contribution in [3.05, 3.63) is 54.4 Å². The fourth-order valence-corrected chi connectivity index (χ4v) is 4.84. The minimum absolute atomic E-state index is 0.0450. The molecule has 1 atom stereocenters. The first-order valence-corrected chi connectivity index (χ1v) is 12.4. The van der Waals surface area contributed by atoms with E-state index < -0.39 is 0 Å². The number of nitrogens with one attached hydrogen (secondary N) is 1. The molecule has 5 rings (SSSR count). The fraction of sp³-hybridized carbons (Fsp3) is 0.444. The molecular formula is C27H32N4O4. The highest BCUT2D eigenvalue weighted by Crippen LogP contribution is 2.26. The number of carbonyl (C=O) groups excluding carboxylic acids is 1. The van der Waals surface area contributed by atoms with E-state index in [9.17, 15) is 4.79 Å². The van der Waals surface area contributed by atoms with E-state index in [4.69, 9.17) is 14.0 Å². The first kappa shape index (κ1) is 23.4. The van der Waals surface area contributed by atoms with Gasteiger partial charge in [-0.05, 0) is 93.6 Å². The van der Waals surface area contributed by atoms with Crippen molar-refractivity contribution in [3.8, 4) is 22.9 Å². The van der Waals surface area contributed by atoms with Crippen LogP contribution in [0.4, 0.5) is 5.69 Å². The summed E-state index contributed by atoms with van der Waals surface area (Å²) in [6.07, 6.45) is 6.89. The first-order chi connectivity index (χ1) is 17.2. The standard InChI is InChI=1S/C27H32N4O4/c1-33-22-12-8-19(9-13-22)26-29-25(35-30-26)18-31-16-4-5-20(17-31)27(32)28-21-10-14-24(15-11-21)34-23-6-2-3-7-23/h8-15,20,23H,2-7,16-18H2,1H3,(H,28,32).